The Morgan fingerprint density at radius 2 is 1.95 bits per heavy atom. The molecule has 1 amide bonds. The SMILES string of the molecule is CC(COCc1ccccc1)NC(=O)C(C)(C)N.Cl. The van der Waals surface area contributed by atoms with Crippen molar-refractivity contribution in [1.29, 1.82) is 0 Å². The Balaban J connectivity index is 0.00000324. The molecule has 0 aromatic heterocycles. The van der Waals surface area contributed by atoms with E-state index in [-0.39, 0.29) is 24.4 Å². The van der Waals surface area contributed by atoms with E-state index in [9.17, 15) is 4.79 Å². The molecule has 1 atom stereocenters. The van der Waals surface area contributed by atoms with Crippen molar-refractivity contribution >= 4 is 18.3 Å². The van der Waals surface area contributed by atoms with E-state index in [0.717, 1.165) is 5.56 Å². The molecule has 0 heterocycles. The number of hydrogen-bond acceptors (Lipinski definition) is 3. The monoisotopic (exact) mass is 286 g/mol. The molecule has 0 fully saturated rings. The number of carbonyl (C=O) groups excluding carboxylic acids is 1. The van der Waals surface area contributed by atoms with Crippen molar-refractivity contribution in [2.45, 2.75) is 39.0 Å². The van der Waals surface area contributed by atoms with Gasteiger partial charge in [-0.1, -0.05) is 30.3 Å². The van der Waals surface area contributed by atoms with Crippen LogP contribution >= 0.6 is 12.4 Å². The molecular weight excluding hydrogens is 264 g/mol. The Bertz CT molecular complexity index is 377. The van der Waals surface area contributed by atoms with Gasteiger partial charge in [-0.15, -0.1) is 12.4 Å². The van der Waals surface area contributed by atoms with Crippen molar-refractivity contribution in [1.82, 2.24) is 5.32 Å². The lowest BCUT2D eigenvalue weighted by Gasteiger charge is -2.21. The van der Waals surface area contributed by atoms with E-state index in [1.54, 1.807) is 13.8 Å². The quantitative estimate of drug-likeness (QED) is 0.839. The summed E-state index contributed by atoms with van der Waals surface area (Å²) < 4.78 is 5.54. The number of benzene rings is 1. The van der Waals surface area contributed by atoms with Crippen LogP contribution in [0.4, 0.5) is 0 Å². The number of halogens is 1. The predicted octanol–water partition coefficient (Wildman–Crippen LogP) is 1.87. The molecule has 0 aliphatic heterocycles. The van der Waals surface area contributed by atoms with Crippen molar-refractivity contribution in [3.8, 4) is 0 Å². The third kappa shape index (κ3) is 7.15. The number of rotatable bonds is 6. The van der Waals surface area contributed by atoms with Crippen molar-refractivity contribution in [2.24, 2.45) is 5.73 Å². The Kier molecular flexibility index (Phi) is 7.68. The average molecular weight is 287 g/mol. The summed E-state index contributed by atoms with van der Waals surface area (Å²) in [7, 11) is 0. The summed E-state index contributed by atoms with van der Waals surface area (Å²) in [6, 6.07) is 9.87. The first kappa shape index (κ1) is 17.9. The highest BCUT2D eigenvalue weighted by atomic mass is 35.5. The number of hydrogen-bond donors (Lipinski definition) is 2. The zero-order chi connectivity index (χ0) is 13.6. The molecule has 0 spiro atoms. The van der Waals surface area contributed by atoms with E-state index in [1.807, 2.05) is 37.3 Å². The molecule has 1 rings (SSSR count). The summed E-state index contributed by atoms with van der Waals surface area (Å²) in [6.45, 7) is 6.28. The molecular formula is C14H23ClN2O2. The molecule has 0 saturated heterocycles. The number of carbonyl (C=O) groups is 1. The van der Waals surface area contributed by atoms with Crippen LogP contribution in [0.2, 0.25) is 0 Å². The van der Waals surface area contributed by atoms with Crippen LogP contribution in [0.1, 0.15) is 26.3 Å². The molecule has 4 nitrogen and oxygen atoms in total. The molecule has 0 radical (unpaired) electrons. The molecule has 1 aromatic rings. The molecule has 1 aromatic carbocycles. The fourth-order valence-corrected chi connectivity index (χ4v) is 1.38. The molecule has 1 unspecified atom stereocenters. The summed E-state index contributed by atoms with van der Waals surface area (Å²) in [5, 5.41) is 2.82. The van der Waals surface area contributed by atoms with E-state index in [4.69, 9.17) is 10.5 Å². The van der Waals surface area contributed by atoms with Crippen LogP contribution in [0.5, 0.6) is 0 Å². The summed E-state index contributed by atoms with van der Waals surface area (Å²) in [4.78, 5) is 11.6. The zero-order valence-corrected chi connectivity index (χ0v) is 12.5. The number of nitrogens with one attached hydrogen (secondary N) is 1. The summed E-state index contributed by atoms with van der Waals surface area (Å²) in [6.07, 6.45) is 0. The van der Waals surface area contributed by atoms with E-state index < -0.39 is 5.54 Å². The number of amides is 1. The number of nitrogens with two attached hydrogens (primary N) is 1. The molecule has 19 heavy (non-hydrogen) atoms. The summed E-state index contributed by atoms with van der Waals surface area (Å²) >= 11 is 0. The van der Waals surface area contributed by atoms with Gasteiger partial charge in [0.1, 0.15) is 0 Å². The largest absolute Gasteiger partial charge is 0.375 e. The summed E-state index contributed by atoms with van der Waals surface area (Å²) in [5.74, 6) is -0.168. The Morgan fingerprint density at radius 3 is 2.47 bits per heavy atom. The third-order valence-electron chi connectivity index (χ3n) is 2.44. The lowest BCUT2D eigenvalue weighted by molar-refractivity contribution is -0.126. The first-order valence-electron chi connectivity index (χ1n) is 6.11. The maximum atomic E-state index is 11.6. The maximum Gasteiger partial charge on any atom is 0.239 e. The fourth-order valence-electron chi connectivity index (χ4n) is 1.38. The summed E-state index contributed by atoms with van der Waals surface area (Å²) in [5.41, 5.74) is 5.96. The standard InChI is InChI=1S/C14H22N2O2.ClH/c1-11(16-13(17)14(2,3)15)9-18-10-12-7-5-4-6-8-12;/h4-8,11H,9-10,15H2,1-3H3,(H,16,17);1H. The predicted molar refractivity (Wildman–Crippen MR) is 79.2 cm³/mol. The van der Waals surface area contributed by atoms with Crippen LogP contribution in [0.3, 0.4) is 0 Å². The van der Waals surface area contributed by atoms with Gasteiger partial charge in [0.25, 0.3) is 0 Å². The zero-order valence-electron chi connectivity index (χ0n) is 11.7. The van der Waals surface area contributed by atoms with Gasteiger partial charge >= 0.3 is 0 Å². The third-order valence-corrected chi connectivity index (χ3v) is 2.44. The van der Waals surface area contributed by atoms with E-state index in [1.165, 1.54) is 0 Å². The van der Waals surface area contributed by atoms with E-state index >= 15 is 0 Å². The lowest BCUT2D eigenvalue weighted by atomic mass is 10.1. The highest BCUT2D eigenvalue weighted by Gasteiger charge is 2.22. The van der Waals surface area contributed by atoms with Gasteiger partial charge in [0, 0.05) is 6.04 Å². The molecule has 0 aliphatic rings. The Labute approximate surface area is 121 Å². The minimum atomic E-state index is -0.853. The van der Waals surface area contributed by atoms with Crippen molar-refractivity contribution in [3.05, 3.63) is 35.9 Å². The van der Waals surface area contributed by atoms with Crippen LogP contribution < -0.4 is 11.1 Å². The second-order valence-corrected chi connectivity index (χ2v) is 5.10. The van der Waals surface area contributed by atoms with Crippen LogP contribution in [-0.4, -0.2) is 24.1 Å². The second kappa shape index (κ2) is 8.15. The molecule has 0 aliphatic carbocycles. The maximum absolute atomic E-state index is 11.6. The Hall–Kier alpha value is -1.10. The molecule has 5 heteroatoms. The van der Waals surface area contributed by atoms with Crippen molar-refractivity contribution in [2.75, 3.05) is 6.61 Å². The minimum Gasteiger partial charge on any atom is -0.375 e. The van der Waals surface area contributed by atoms with E-state index in [2.05, 4.69) is 5.32 Å². The topological polar surface area (TPSA) is 64.3 Å². The average Bonchev–Trinajstić information content (AvgIpc) is 2.29. The van der Waals surface area contributed by atoms with Crippen LogP contribution in [0.25, 0.3) is 0 Å². The minimum absolute atomic E-state index is 0. The van der Waals surface area contributed by atoms with Gasteiger partial charge in [0.15, 0.2) is 0 Å². The highest BCUT2D eigenvalue weighted by Crippen LogP contribution is 2.02. The van der Waals surface area contributed by atoms with Gasteiger partial charge in [0.2, 0.25) is 5.91 Å². The van der Waals surface area contributed by atoms with E-state index in [0.29, 0.717) is 13.2 Å². The first-order chi connectivity index (χ1) is 8.39. The normalized spacial score (nSPS) is 12.4. The molecule has 108 valence electrons. The highest BCUT2D eigenvalue weighted by molar-refractivity contribution is 5.85. The fraction of sp³-hybridized carbons (Fsp3) is 0.500. The van der Waals surface area contributed by atoms with Gasteiger partial charge in [-0.2, -0.15) is 0 Å². The van der Waals surface area contributed by atoms with Crippen LogP contribution in [0, 0.1) is 0 Å². The second-order valence-electron chi connectivity index (χ2n) is 5.10. The molecule has 0 saturated carbocycles. The molecule has 0 bridgehead atoms. The molecule has 3 N–H and O–H groups in total. The van der Waals surface area contributed by atoms with Gasteiger partial charge in [0.05, 0.1) is 18.8 Å². The van der Waals surface area contributed by atoms with Gasteiger partial charge in [-0.05, 0) is 26.3 Å². The van der Waals surface area contributed by atoms with Crippen LogP contribution in [-0.2, 0) is 16.1 Å². The first-order valence-corrected chi connectivity index (χ1v) is 6.11. The van der Waals surface area contributed by atoms with Gasteiger partial charge in [-0.25, -0.2) is 0 Å². The smallest absolute Gasteiger partial charge is 0.239 e. The van der Waals surface area contributed by atoms with Gasteiger partial charge < -0.3 is 15.8 Å². The lowest BCUT2D eigenvalue weighted by Crippen LogP contribution is -2.52. The van der Waals surface area contributed by atoms with Crippen LogP contribution in [0.15, 0.2) is 30.3 Å². The number of ether oxygens (including phenoxy) is 1. The van der Waals surface area contributed by atoms with Crippen molar-refractivity contribution in [3.63, 3.8) is 0 Å². The Morgan fingerprint density at radius 1 is 1.37 bits per heavy atom. The van der Waals surface area contributed by atoms with Gasteiger partial charge in [-0.3, -0.25) is 4.79 Å². The van der Waals surface area contributed by atoms with Crippen molar-refractivity contribution < 1.29 is 9.53 Å².